The number of aromatic nitrogens is 3. The van der Waals surface area contributed by atoms with Gasteiger partial charge in [-0.2, -0.15) is 10.4 Å². The number of nitriles is 1. The van der Waals surface area contributed by atoms with E-state index in [2.05, 4.69) is 16.2 Å². The van der Waals surface area contributed by atoms with Crippen molar-refractivity contribution in [1.82, 2.24) is 14.6 Å². The molecule has 4 heteroatoms. The quantitative estimate of drug-likeness (QED) is 0.647. The molecule has 0 unspecified atom stereocenters. The number of nitrogens with zero attached hydrogens (tertiary/aromatic N) is 4. The van der Waals surface area contributed by atoms with Gasteiger partial charge in [0.05, 0.1) is 29.4 Å². The second-order valence-electron chi connectivity index (χ2n) is 2.82. The molecule has 0 aliphatic carbocycles. The topological polar surface area (TPSA) is 54.0 Å². The SMILES string of the molecule is Cc1cc2c(CC#N)nccn2n1. The maximum Gasteiger partial charge on any atom is 0.0890 e. The molecule has 2 aromatic heterocycles. The molecule has 13 heavy (non-hydrogen) atoms. The van der Waals surface area contributed by atoms with Gasteiger partial charge in [0.25, 0.3) is 0 Å². The number of hydrogen-bond acceptors (Lipinski definition) is 3. The molecule has 2 rings (SSSR count). The molecular formula is C9H8N4. The third kappa shape index (κ3) is 1.25. The van der Waals surface area contributed by atoms with Crippen LogP contribution >= 0.6 is 0 Å². The van der Waals surface area contributed by atoms with Crippen LogP contribution in [-0.2, 0) is 6.42 Å². The Kier molecular flexibility index (Phi) is 1.71. The molecule has 0 saturated carbocycles. The van der Waals surface area contributed by atoms with E-state index in [0.717, 1.165) is 16.9 Å². The lowest BCUT2D eigenvalue weighted by atomic mass is 10.3. The Hall–Kier alpha value is -1.89. The summed E-state index contributed by atoms with van der Waals surface area (Å²) in [4.78, 5) is 4.13. The molecule has 0 aliphatic rings. The number of hydrogen-bond donors (Lipinski definition) is 0. The van der Waals surface area contributed by atoms with E-state index in [1.807, 2.05) is 13.0 Å². The summed E-state index contributed by atoms with van der Waals surface area (Å²) in [6.45, 7) is 1.92. The van der Waals surface area contributed by atoms with E-state index < -0.39 is 0 Å². The maximum absolute atomic E-state index is 8.57. The molecule has 0 amide bonds. The van der Waals surface area contributed by atoms with E-state index in [0.29, 0.717) is 6.42 Å². The van der Waals surface area contributed by atoms with Crippen LogP contribution in [0.15, 0.2) is 18.5 Å². The summed E-state index contributed by atoms with van der Waals surface area (Å²) in [6, 6.07) is 4.01. The summed E-state index contributed by atoms with van der Waals surface area (Å²) in [7, 11) is 0. The largest absolute Gasteiger partial charge is 0.256 e. The smallest absolute Gasteiger partial charge is 0.0890 e. The second-order valence-corrected chi connectivity index (χ2v) is 2.82. The van der Waals surface area contributed by atoms with Crippen molar-refractivity contribution in [3.8, 4) is 6.07 Å². The van der Waals surface area contributed by atoms with Gasteiger partial charge in [-0.25, -0.2) is 4.52 Å². The minimum Gasteiger partial charge on any atom is -0.256 e. The number of aryl methyl sites for hydroxylation is 1. The van der Waals surface area contributed by atoms with Crippen molar-refractivity contribution < 1.29 is 0 Å². The summed E-state index contributed by atoms with van der Waals surface area (Å²) < 4.78 is 1.75. The zero-order valence-corrected chi connectivity index (χ0v) is 7.23. The highest BCUT2D eigenvalue weighted by atomic mass is 15.2. The zero-order valence-electron chi connectivity index (χ0n) is 7.23. The highest BCUT2D eigenvalue weighted by Gasteiger charge is 2.03. The maximum atomic E-state index is 8.57. The molecule has 4 nitrogen and oxygen atoms in total. The molecule has 0 spiro atoms. The first-order chi connectivity index (χ1) is 6.31. The standard InChI is InChI=1S/C9H8N4/c1-7-6-9-8(2-3-10)11-4-5-13(9)12-7/h4-6H,2H2,1H3. The molecule has 0 aliphatic heterocycles. The fraction of sp³-hybridized carbons (Fsp3) is 0.222. The molecule has 2 heterocycles. The first-order valence-electron chi connectivity index (χ1n) is 3.98. The molecule has 0 fully saturated rings. The lowest BCUT2D eigenvalue weighted by molar-refractivity contribution is 0.907. The van der Waals surface area contributed by atoms with Crippen molar-refractivity contribution >= 4 is 5.52 Å². The van der Waals surface area contributed by atoms with Crippen molar-refractivity contribution in [2.75, 3.05) is 0 Å². The number of rotatable bonds is 1. The normalized spacial score (nSPS) is 10.2. The second kappa shape index (κ2) is 2.87. The monoisotopic (exact) mass is 172 g/mol. The fourth-order valence-electron chi connectivity index (χ4n) is 1.31. The highest BCUT2D eigenvalue weighted by molar-refractivity contribution is 5.52. The lowest BCUT2D eigenvalue weighted by Gasteiger charge is -1.95. The Morgan fingerprint density at radius 1 is 1.62 bits per heavy atom. The van der Waals surface area contributed by atoms with Gasteiger partial charge < -0.3 is 0 Å². The summed E-state index contributed by atoms with van der Waals surface area (Å²) in [5.41, 5.74) is 2.64. The van der Waals surface area contributed by atoms with Crippen LogP contribution in [0.1, 0.15) is 11.4 Å². The Morgan fingerprint density at radius 3 is 3.23 bits per heavy atom. The molecular weight excluding hydrogens is 164 g/mol. The van der Waals surface area contributed by atoms with Crippen LogP contribution < -0.4 is 0 Å². The van der Waals surface area contributed by atoms with Crippen molar-refractivity contribution in [3.63, 3.8) is 0 Å². The van der Waals surface area contributed by atoms with Gasteiger partial charge in [0, 0.05) is 12.4 Å². The molecule has 0 radical (unpaired) electrons. The molecule has 0 bridgehead atoms. The third-order valence-electron chi connectivity index (χ3n) is 1.84. The predicted octanol–water partition coefficient (Wildman–Crippen LogP) is 1.10. The van der Waals surface area contributed by atoms with E-state index in [1.165, 1.54) is 0 Å². The fourth-order valence-corrected chi connectivity index (χ4v) is 1.31. The zero-order chi connectivity index (χ0) is 9.26. The molecule has 0 atom stereocenters. The van der Waals surface area contributed by atoms with Crippen LogP contribution in [0.25, 0.3) is 5.52 Å². The Balaban J connectivity index is 2.69. The van der Waals surface area contributed by atoms with Gasteiger partial charge in [0.15, 0.2) is 0 Å². The van der Waals surface area contributed by atoms with Crippen LogP contribution in [0.3, 0.4) is 0 Å². The Morgan fingerprint density at radius 2 is 2.46 bits per heavy atom. The molecule has 64 valence electrons. The van der Waals surface area contributed by atoms with Gasteiger partial charge in [-0.1, -0.05) is 0 Å². The van der Waals surface area contributed by atoms with E-state index >= 15 is 0 Å². The van der Waals surface area contributed by atoms with Crippen LogP contribution in [0.5, 0.6) is 0 Å². The average molecular weight is 172 g/mol. The predicted molar refractivity (Wildman–Crippen MR) is 47.0 cm³/mol. The van der Waals surface area contributed by atoms with Crippen LogP contribution in [-0.4, -0.2) is 14.6 Å². The first kappa shape index (κ1) is 7.74. The third-order valence-corrected chi connectivity index (χ3v) is 1.84. The van der Waals surface area contributed by atoms with Gasteiger partial charge >= 0.3 is 0 Å². The molecule has 2 aromatic rings. The first-order valence-corrected chi connectivity index (χ1v) is 3.98. The van der Waals surface area contributed by atoms with Crippen molar-refractivity contribution in [1.29, 1.82) is 5.26 Å². The molecule has 0 saturated heterocycles. The summed E-state index contributed by atoms with van der Waals surface area (Å²) in [5, 5.41) is 12.8. The summed E-state index contributed by atoms with van der Waals surface area (Å²) >= 11 is 0. The van der Waals surface area contributed by atoms with Crippen molar-refractivity contribution in [2.45, 2.75) is 13.3 Å². The minimum atomic E-state index is 0.329. The minimum absolute atomic E-state index is 0.329. The Bertz CT molecular complexity index is 478. The van der Waals surface area contributed by atoms with Crippen molar-refractivity contribution in [3.05, 3.63) is 29.8 Å². The van der Waals surface area contributed by atoms with Gasteiger partial charge in [-0.15, -0.1) is 0 Å². The molecule has 0 aromatic carbocycles. The van der Waals surface area contributed by atoms with Crippen LogP contribution in [0.4, 0.5) is 0 Å². The lowest BCUT2D eigenvalue weighted by Crippen LogP contribution is -1.94. The van der Waals surface area contributed by atoms with Gasteiger partial charge in [0.1, 0.15) is 0 Å². The number of fused-ring (bicyclic) bond motifs is 1. The van der Waals surface area contributed by atoms with E-state index in [9.17, 15) is 0 Å². The summed E-state index contributed by atoms with van der Waals surface area (Å²) in [5.74, 6) is 0. The van der Waals surface area contributed by atoms with E-state index in [-0.39, 0.29) is 0 Å². The average Bonchev–Trinajstić information content (AvgIpc) is 2.47. The van der Waals surface area contributed by atoms with Crippen LogP contribution in [0.2, 0.25) is 0 Å². The Labute approximate surface area is 75.4 Å². The van der Waals surface area contributed by atoms with E-state index in [1.54, 1.807) is 16.9 Å². The van der Waals surface area contributed by atoms with Crippen molar-refractivity contribution in [2.24, 2.45) is 0 Å². The van der Waals surface area contributed by atoms with E-state index in [4.69, 9.17) is 5.26 Å². The van der Waals surface area contributed by atoms with Crippen LogP contribution in [0, 0.1) is 18.3 Å². The highest BCUT2D eigenvalue weighted by Crippen LogP contribution is 2.09. The molecule has 0 N–H and O–H groups in total. The summed E-state index contributed by atoms with van der Waals surface area (Å²) in [6.07, 6.45) is 3.77. The van der Waals surface area contributed by atoms with Gasteiger partial charge in [-0.05, 0) is 13.0 Å². The van der Waals surface area contributed by atoms with Gasteiger partial charge in [0.2, 0.25) is 0 Å². The van der Waals surface area contributed by atoms with Gasteiger partial charge in [-0.3, -0.25) is 4.98 Å².